The Hall–Kier alpha value is -2.20. The van der Waals surface area contributed by atoms with Gasteiger partial charge in [-0.3, -0.25) is 4.79 Å². The predicted octanol–water partition coefficient (Wildman–Crippen LogP) is 4.21. The van der Waals surface area contributed by atoms with Crippen molar-refractivity contribution in [3.63, 3.8) is 0 Å². The van der Waals surface area contributed by atoms with Crippen molar-refractivity contribution in [2.45, 2.75) is 39.5 Å². The van der Waals surface area contributed by atoms with Gasteiger partial charge in [0, 0.05) is 11.6 Å². The fraction of sp³-hybridized carbons (Fsp3) is 0.316. The molecule has 4 nitrogen and oxygen atoms in total. The summed E-state index contributed by atoms with van der Waals surface area (Å²) < 4.78 is 11.2. The first-order chi connectivity index (χ1) is 11.4. The number of ether oxygens (including phenoxy) is 2. The van der Waals surface area contributed by atoms with Crippen molar-refractivity contribution in [1.29, 1.82) is 0 Å². The van der Waals surface area contributed by atoms with Gasteiger partial charge in [-0.2, -0.15) is 0 Å². The van der Waals surface area contributed by atoms with Gasteiger partial charge in [-0.15, -0.1) is 0 Å². The Morgan fingerprint density at radius 2 is 1.71 bits per heavy atom. The minimum Gasteiger partial charge on any atom is -0.491 e. The Kier molecular flexibility index (Phi) is 6.50. The van der Waals surface area contributed by atoms with E-state index in [0.717, 1.165) is 11.3 Å². The standard InChI is InChI=1S/C19H22ClNO3/c1-13(2)23-17-8-4-6-15(10-17)12-21-19(22)14(3)24-18-9-5-7-16(20)11-18/h4-11,13-14H,12H2,1-3H3,(H,21,22). The van der Waals surface area contributed by atoms with Gasteiger partial charge < -0.3 is 14.8 Å². The van der Waals surface area contributed by atoms with E-state index in [0.29, 0.717) is 17.3 Å². The Balaban J connectivity index is 1.88. The fourth-order valence-corrected chi connectivity index (χ4v) is 2.31. The van der Waals surface area contributed by atoms with Crippen LogP contribution in [0.2, 0.25) is 5.02 Å². The molecule has 2 aromatic rings. The molecule has 2 rings (SSSR count). The van der Waals surface area contributed by atoms with Crippen molar-refractivity contribution >= 4 is 17.5 Å². The van der Waals surface area contributed by atoms with Crippen LogP contribution in [0.1, 0.15) is 26.3 Å². The van der Waals surface area contributed by atoms with Crippen molar-refractivity contribution in [2.75, 3.05) is 0 Å². The third kappa shape index (κ3) is 5.78. The number of rotatable bonds is 7. The van der Waals surface area contributed by atoms with Gasteiger partial charge in [0.25, 0.3) is 5.91 Å². The van der Waals surface area contributed by atoms with E-state index in [4.69, 9.17) is 21.1 Å². The highest BCUT2D eigenvalue weighted by Gasteiger charge is 2.14. The molecule has 0 heterocycles. The van der Waals surface area contributed by atoms with E-state index in [2.05, 4.69) is 5.32 Å². The molecule has 0 radical (unpaired) electrons. The van der Waals surface area contributed by atoms with Crippen molar-refractivity contribution in [1.82, 2.24) is 5.32 Å². The molecule has 1 unspecified atom stereocenters. The van der Waals surface area contributed by atoms with Gasteiger partial charge in [-0.25, -0.2) is 0 Å². The Labute approximate surface area is 147 Å². The number of hydrogen-bond donors (Lipinski definition) is 1. The summed E-state index contributed by atoms with van der Waals surface area (Å²) >= 11 is 5.91. The highest BCUT2D eigenvalue weighted by atomic mass is 35.5. The first-order valence-corrected chi connectivity index (χ1v) is 8.27. The molecule has 1 N–H and O–H groups in total. The van der Waals surface area contributed by atoms with Crippen LogP contribution in [0.15, 0.2) is 48.5 Å². The Morgan fingerprint density at radius 3 is 2.38 bits per heavy atom. The number of carbonyl (C=O) groups excluding carboxylic acids is 1. The van der Waals surface area contributed by atoms with E-state index in [1.807, 2.05) is 38.1 Å². The summed E-state index contributed by atoms with van der Waals surface area (Å²) in [5.41, 5.74) is 0.969. The lowest BCUT2D eigenvalue weighted by Crippen LogP contribution is -2.35. The van der Waals surface area contributed by atoms with Crippen LogP contribution in [0.4, 0.5) is 0 Å². The van der Waals surface area contributed by atoms with E-state index in [-0.39, 0.29) is 12.0 Å². The van der Waals surface area contributed by atoms with Crippen LogP contribution in [0, 0.1) is 0 Å². The van der Waals surface area contributed by atoms with E-state index in [9.17, 15) is 4.79 Å². The second kappa shape index (κ2) is 8.60. The van der Waals surface area contributed by atoms with Crippen LogP contribution in [-0.2, 0) is 11.3 Å². The Morgan fingerprint density at radius 1 is 1.04 bits per heavy atom. The third-order valence-electron chi connectivity index (χ3n) is 3.22. The molecule has 1 atom stereocenters. The number of amides is 1. The number of nitrogens with one attached hydrogen (secondary N) is 1. The quantitative estimate of drug-likeness (QED) is 0.816. The topological polar surface area (TPSA) is 47.6 Å². The van der Waals surface area contributed by atoms with Crippen LogP contribution in [-0.4, -0.2) is 18.1 Å². The molecule has 0 saturated heterocycles. The maximum atomic E-state index is 12.2. The molecular formula is C19H22ClNO3. The minimum absolute atomic E-state index is 0.112. The summed E-state index contributed by atoms with van der Waals surface area (Å²) in [6.45, 7) is 6.07. The summed E-state index contributed by atoms with van der Waals surface area (Å²) in [7, 11) is 0. The SMILES string of the molecule is CC(C)Oc1cccc(CNC(=O)C(C)Oc2cccc(Cl)c2)c1. The van der Waals surface area contributed by atoms with Gasteiger partial charge >= 0.3 is 0 Å². The van der Waals surface area contributed by atoms with Crippen molar-refractivity contribution in [2.24, 2.45) is 0 Å². The van der Waals surface area contributed by atoms with Gasteiger partial charge in [0.05, 0.1) is 6.10 Å². The van der Waals surface area contributed by atoms with Crippen LogP contribution in [0.25, 0.3) is 0 Å². The van der Waals surface area contributed by atoms with Gasteiger partial charge in [-0.1, -0.05) is 29.8 Å². The zero-order chi connectivity index (χ0) is 17.5. The van der Waals surface area contributed by atoms with Crippen LogP contribution in [0.5, 0.6) is 11.5 Å². The van der Waals surface area contributed by atoms with Crippen molar-refractivity contribution in [3.05, 3.63) is 59.1 Å². The average Bonchev–Trinajstić information content (AvgIpc) is 2.52. The first kappa shape index (κ1) is 18.1. The number of carbonyl (C=O) groups is 1. The highest BCUT2D eigenvalue weighted by molar-refractivity contribution is 6.30. The Bertz CT molecular complexity index is 688. The van der Waals surface area contributed by atoms with Gasteiger partial charge in [-0.05, 0) is 56.7 Å². The molecule has 0 aromatic heterocycles. The average molecular weight is 348 g/mol. The maximum Gasteiger partial charge on any atom is 0.261 e. The molecule has 0 saturated carbocycles. The molecular weight excluding hydrogens is 326 g/mol. The summed E-state index contributed by atoms with van der Waals surface area (Å²) in [4.78, 5) is 12.2. The van der Waals surface area contributed by atoms with Gasteiger partial charge in [0.15, 0.2) is 6.10 Å². The normalized spacial score (nSPS) is 11.9. The monoisotopic (exact) mass is 347 g/mol. The zero-order valence-electron chi connectivity index (χ0n) is 14.1. The van der Waals surface area contributed by atoms with E-state index < -0.39 is 6.10 Å². The lowest BCUT2D eigenvalue weighted by atomic mass is 10.2. The molecule has 2 aromatic carbocycles. The van der Waals surface area contributed by atoms with E-state index >= 15 is 0 Å². The molecule has 0 spiro atoms. The van der Waals surface area contributed by atoms with Gasteiger partial charge in [0.2, 0.25) is 0 Å². The lowest BCUT2D eigenvalue weighted by Gasteiger charge is -2.15. The highest BCUT2D eigenvalue weighted by Crippen LogP contribution is 2.18. The first-order valence-electron chi connectivity index (χ1n) is 7.89. The van der Waals surface area contributed by atoms with Crippen molar-refractivity contribution in [3.8, 4) is 11.5 Å². The molecule has 5 heteroatoms. The summed E-state index contributed by atoms with van der Waals surface area (Å²) in [5.74, 6) is 1.17. The molecule has 0 fully saturated rings. The number of hydrogen-bond acceptors (Lipinski definition) is 3. The van der Waals surface area contributed by atoms with Crippen LogP contribution >= 0.6 is 11.6 Å². The third-order valence-corrected chi connectivity index (χ3v) is 3.45. The number of benzene rings is 2. The smallest absolute Gasteiger partial charge is 0.261 e. The second-order valence-electron chi connectivity index (χ2n) is 5.75. The molecule has 0 aliphatic heterocycles. The summed E-state index contributed by atoms with van der Waals surface area (Å²) in [5, 5.41) is 3.43. The van der Waals surface area contributed by atoms with E-state index in [1.165, 1.54) is 0 Å². The van der Waals surface area contributed by atoms with Crippen LogP contribution in [0.3, 0.4) is 0 Å². The zero-order valence-corrected chi connectivity index (χ0v) is 14.8. The summed E-state index contributed by atoms with van der Waals surface area (Å²) in [6.07, 6.45) is -0.500. The van der Waals surface area contributed by atoms with Gasteiger partial charge in [0.1, 0.15) is 11.5 Å². The number of halogens is 1. The summed E-state index contributed by atoms with van der Waals surface area (Å²) in [6, 6.07) is 14.6. The lowest BCUT2D eigenvalue weighted by molar-refractivity contribution is -0.127. The minimum atomic E-state index is -0.612. The second-order valence-corrected chi connectivity index (χ2v) is 6.19. The molecule has 0 aliphatic rings. The maximum absolute atomic E-state index is 12.2. The molecule has 1 amide bonds. The van der Waals surface area contributed by atoms with Crippen molar-refractivity contribution < 1.29 is 14.3 Å². The van der Waals surface area contributed by atoms with E-state index in [1.54, 1.807) is 31.2 Å². The predicted molar refractivity (Wildman–Crippen MR) is 95.6 cm³/mol. The molecule has 24 heavy (non-hydrogen) atoms. The molecule has 0 bridgehead atoms. The fourth-order valence-electron chi connectivity index (χ4n) is 2.13. The molecule has 128 valence electrons. The largest absolute Gasteiger partial charge is 0.491 e. The molecule has 0 aliphatic carbocycles. The van der Waals surface area contributed by atoms with Crippen LogP contribution < -0.4 is 14.8 Å².